The maximum absolute atomic E-state index is 11.8. The molecule has 2 bridgehead atoms. The fourth-order valence-electron chi connectivity index (χ4n) is 2.68. The fraction of sp³-hybridized carbons (Fsp3) is 0.167. The lowest BCUT2D eigenvalue weighted by molar-refractivity contribution is -0.118. The Balaban J connectivity index is 0.000000246. The van der Waals surface area contributed by atoms with Crippen molar-refractivity contribution >= 4 is 11.7 Å². The minimum atomic E-state index is -0.217. The highest BCUT2D eigenvalue weighted by Crippen LogP contribution is 2.20. The first kappa shape index (κ1) is 20.1. The lowest BCUT2D eigenvalue weighted by atomic mass is 10.1. The van der Waals surface area contributed by atoms with Crippen LogP contribution < -0.4 is 14.8 Å². The number of nitrogens with one attached hydrogen (secondary N) is 1. The third kappa shape index (κ3) is 6.50. The molecule has 0 aromatic heterocycles. The molecule has 0 atom stereocenters. The largest absolute Gasteiger partial charge is 0.489 e. The number of ketones is 1. The van der Waals surface area contributed by atoms with E-state index in [1.807, 2.05) is 42.5 Å². The molecule has 1 amide bonds. The lowest BCUT2D eigenvalue weighted by Gasteiger charge is -2.07. The van der Waals surface area contributed by atoms with E-state index in [1.54, 1.807) is 24.3 Å². The molecule has 3 aromatic rings. The molecule has 1 heterocycles. The molecule has 1 aliphatic rings. The number of hydrogen-bond acceptors (Lipinski definition) is 4. The molecular weight excluding hydrogens is 366 g/mol. The number of carbonyl (C=O) groups is 2. The van der Waals surface area contributed by atoms with E-state index in [0.717, 1.165) is 17.9 Å². The molecule has 0 fully saturated rings. The van der Waals surface area contributed by atoms with E-state index in [2.05, 4.69) is 17.4 Å². The summed E-state index contributed by atoms with van der Waals surface area (Å²) in [5, 5.41) is 2.49. The summed E-state index contributed by atoms with van der Waals surface area (Å²) in [7, 11) is 0. The van der Waals surface area contributed by atoms with E-state index >= 15 is 0 Å². The zero-order valence-electron chi connectivity index (χ0n) is 16.3. The molecule has 1 aliphatic heterocycles. The van der Waals surface area contributed by atoms with Crippen LogP contribution in [-0.2, 0) is 18.0 Å². The third-order valence-electron chi connectivity index (χ3n) is 4.23. The summed E-state index contributed by atoms with van der Waals surface area (Å²) in [5.41, 5.74) is 2.92. The monoisotopic (exact) mass is 389 g/mol. The van der Waals surface area contributed by atoms with Crippen LogP contribution in [0.15, 0.2) is 78.9 Å². The van der Waals surface area contributed by atoms with Gasteiger partial charge in [-0.15, -0.1) is 0 Å². The quantitative estimate of drug-likeness (QED) is 0.643. The van der Waals surface area contributed by atoms with E-state index in [1.165, 1.54) is 12.5 Å². The molecule has 5 heteroatoms. The Morgan fingerprint density at radius 2 is 1.72 bits per heavy atom. The van der Waals surface area contributed by atoms with Crippen LogP contribution in [0.4, 0.5) is 0 Å². The first-order valence-corrected chi connectivity index (χ1v) is 9.36. The standard InChI is InChI=1S/C17H17NO3.C7H6O/c1-13(19)18-11-17(20)15-7-9-16(10-8-15)21-12-14-5-3-2-4-6-14;1-2-6-4-7(3-1)8-5-6/h2-10H,11-12H2,1H3,(H,18,19);1-4H,5H2. The second-order valence-electron chi connectivity index (χ2n) is 6.57. The van der Waals surface area contributed by atoms with Gasteiger partial charge in [0.2, 0.25) is 5.91 Å². The maximum atomic E-state index is 11.8. The summed E-state index contributed by atoms with van der Waals surface area (Å²) in [6.45, 7) is 2.65. The van der Waals surface area contributed by atoms with Gasteiger partial charge in [0.1, 0.15) is 24.7 Å². The van der Waals surface area contributed by atoms with E-state index in [0.29, 0.717) is 17.9 Å². The van der Waals surface area contributed by atoms with Crippen LogP contribution in [-0.4, -0.2) is 18.2 Å². The third-order valence-corrected chi connectivity index (χ3v) is 4.23. The number of amides is 1. The molecule has 3 aromatic carbocycles. The number of fused-ring (bicyclic) bond motifs is 2. The molecule has 5 nitrogen and oxygen atoms in total. The van der Waals surface area contributed by atoms with Crippen LogP contribution in [0.3, 0.4) is 0 Å². The van der Waals surface area contributed by atoms with Gasteiger partial charge in [-0.3, -0.25) is 9.59 Å². The predicted octanol–water partition coefficient (Wildman–Crippen LogP) is 4.16. The van der Waals surface area contributed by atoms with Gasteiger partial charge in [0.15, 0.2) is 5.78 Å². The smallest absolute Gasteiger partial charge is 0.217 e. The molecule has 0 unspecified atom stereocenters. The molecule has 0 radical (unpaired) electrons. The zero-order chi connectivity index (χ0) is 20.5. The van der Waals surface area contributed by atoms with Gasteiger partial charge in [0.05, 0.1) is 6.54 Å². The van der Waals surface area contributed by atoms with Gasteiger partial charge >= 0.3 is 0 Å². The number of ether oxygens (including phenoxy) is 2. The van der Waals surface area contributed by atoms with Gasteiger partial charge in [-0.1, -0.05) is 42.5 Å². The van der Waals surface area contributed by atoms with Crippen molar-refractivity contribution in [2.75, 3.05) is 6.54 Å². The average Bonchev–Trinajstić information content (AvgIpc) is 3.09. The lowest BCUT2D eigenvalue weighted by Crippen LogP contribution is -2.27. The van der Waals surface area contributed by atoms with Crippen molar-refractivity contribution in [2.24, 2.45) is 0 Å². The molecule has 29 heavy (non-hydrogen) atoms. The fourth-order valence-corrected chi connectivity index (χ4v) is 2.68. The second kappa shape index (κ2) is 10.1. The summed E-state index contributed by atoms with van der Waals surface area (Å²) in [4.78, 5) is 22.6. The molecule has 148 valence electrons. The number of rotatable bonds is 6. The van der Waals surface area contributed by atoms with Crippen LogP contribution in [0.25, 0.3) is 0 Å². The summed E-state index contributed by atoms with van der Waals surface area (Å²) in [6, 6.07) is 24.9. The van der Waals surface area contributed by atoms with Crippen LogP contribution >= 0.6 is 0 Å². The van der Waals surface area contributed by atoms with Gasteiger partial charge in [-0.2, -0.15) is 0 Å². The summed E-state index contributed by atoms with van der Waals surface area (Å²) in [6.07, 6.45) is 0. The summed E-state index contributed by atoms with van der Waals surface area (Å²) >= 11 is 0. The average molecular weight is 389 g/mol. The van der Waals surface area contributed by atoms with Gasteiger partial charge < -0.3 is 14.8 Å². The molecule has 1 N–H and O–H groups in total. The van der Waals surface area contributed by atoms with Crippen molar-refractivity contribution in [1.29, 1.82) is 0 Å². The number of carbonyl (C=O) groups excluding carboxylic acids is 2. The Morgan fingerprint density at radius 3 is 2.38 bits per heavy atom. The van der Waals surface area contributed by atoms with Crippen molar-refractivity contribution < 1.29 is 19.1 Å². The van der Waals surface area contributed by atoms with Crippen LogP contribution in [0.2, 0.25) is 0 Å². The predicted molar refractivity (Wildman–Crippen MR) is 111 cm³/mol. The van der Waals surface area contributed by atoms with E-state index < -0.39 is 0 Å². The van der Waals surface area contributed by atoms with E-state index in [9.17, 15) is 9.59 Å². The van der Waals surface area contributed by atoms with Crippen molar-refractivity contribution in [3.8, 4) is 11.5 Å². The number of benzene rings is 3. The zero-order valence-corrected chi connectivity index (χ0v) is 16.3. The number of hydrogen-bond donors (Lipinski definition) is 1. The van der Waals surface area contributed by atoms with Crippen molar-refractivity contribution in [2.45, 2.75) is 20.1 Å². The SMILES string of the molecule is CC(=O)NCC(=O)c1ccc(OCc2ccccc2)cc1.c1cc2cc(c1)OC2. The molecule has 4 rings (SSSR count). The minimum Gasteiger partial charge on any atom is -0.489 e. The van der Waals surface area contributed by atoms with E-state index in [4.69, 9.17) is 9.47 Å². The topological polar surface area (TPSA) is 64.6 Å². The highest BCUT2D eigenvalue weighted by molar-refractivity contribution is 5.99. The van der Waals surface area contributed by atoms with Crippen LogP contribution in [0, 0.1) is 0 Å². The van der Waals surface area contributed by atoms with Gasteiger partial charge in [0.25, 0.3) is 0 Å². The first-order chi connectivity index (χ1) is 14.1. The Morgan fingerprint density at radius 1 is 0.966 bits per heavy atom. The normalized spacial score (nSPS) is 10.9. The Hall–Kier alpha value is -3.60. The Kier molecular flexibility index (Phi) is 7.00. The number of Topliss-reactive ketones (excluding diaryl/α,β-unsaturated/α-hetero) is 1. The van der Waals surface area contributed by atoms with Crippen LogP contribution in [0.5, 0.6) is 11.5 Å². The van der Waals surface area contributed by atoms with Crippen molar-refractivity contribution in [3.05, 3.63) is 95.6 Å². The van der Waals surface area contributed by atoms with Crippen molar-refractivity contribution in [1.82, 2.24) is 5.32 Å². The van der Waals surface area contributed by atoms with Gasteiger partial charge in [0, 0.05) is 12.5 Å². The highest BCUT2D eigenvalue weighted by atomic mass is 16.5. The highest BCUT2D eigenvalue weighted by Gasteiger charge is 2.06. The Labute approximate surface area is 170 Å². The Bertz CT molecular complexity index is 933. The molecule has 0 spiro atoms. The second-order valence-corrected chi connectivity index (χ2v) is 6.57. The van der Waals surface area contributed by atoms with Crippen LogP contribution in [0.1, 0.15) is 28.4 Å². The van der Waals surface area contributed by atoms with Gasteiger partial charge in [-0.05, 0) is 47.5 Å². The molecule has 0 aliphatic carbocycles. The maximum Gasteiger partial charge on any atom is 0.217 e. The van der Waals surface area contributed by atoms with Crippen molar-refractivity contribution in [3.63, 3.8) is 0 Å². The summed E-state index contributed by atoms with van der Waals surface area (Å²) in [5.74, 6) is 1.36. The first-order valence-electron chi connectivity index (χ1n) is 9.36. The van der Waals surface area contributed by atoms with E-state index in [-0.39, 0.29) is 18.2 Å². The molecular formula is C24H23NO4. The molecule has 0 saturated heterocycles. The minimum absolute atomic E-state index is 0.0134. The van der Waals surface area contributed by atoms with Gasteiger partial charge in [-0.25, -0.2) is 0 Å². The summed E-state index contributed by atoms with van der Waals surface area (Å²) < 4.78 is 10.8. The molecule has 0 saturated carbocycles.